The van der Waals surface area contributed by atoms with Crippen molar-refractivity contribution in [2.75, 3.05) is 6.61 Å². The van der Waals surface area contributed by atoms with Gasteiger partial charge in [0.1, 0.15) is 18.5 Å². The van der Waals surface area contributed by atoms with Gasteiger partial charge in [0.15, 0.2) is 5.69 Å². The minimum atomic E-state index is -1.01. The molecule has 3 aromatic carbocycles. The molecule has 0 saturated carbocycles. The second kappa shape index (κ2) is 7.73. The molecule has 0 fully saturated rings. The van der Waals surface area contributed by atoms with E-state index in [0.29, 0.717) is 16.5 Å². The third-order valence-electron chi connectivity index (χ3n) is 4.65. The van der Waals surface area contributed by atoms with Gasteiger partial charge in [0, 0.05) is 5.39 Å². The molecule has 0 saturated heterocycles. The smallest absolute Gasteiger partial charge is 0.274 e. The average Bonchev–Trinajstić information content (AvgIpc) is 2.74. The third-order valence-corrected chi connectivity index (χ3v) is 4.65. The van der Waals surface area contributed by atoms with Crippen LogP contribution in [0.1, 0.15) is 10.5 Å². The van der Waals surface area contributed by atoms with E-state index in [1.807, 2.05) is 42.5 Å². The van der Waals surface area contributed by atoms with Gasteiger partial charge in [-0.3, -0.25) is 9.59 Å². The number of aliphatic hydroxyl groups excluding tert-OH is 1. The van der Waals surface area contributed by atoms with Crippen LogP contribution in [-0.4, -0.2) is 33.5 Å². The van der Waals surface area contributed by atoms with Crippen LogP contribution in [0.25, 0.3) is 21.5 Å². The van der Waals surface area contributed by atoms with Crippen LogP contribution in [0.5, 0.6) is 5.75 Å². The largest absolute Gasteiger partial charge is 0.491 e. The average molecular weight is 389 g/mol. The molecule has 1 atom stereocenters. The van der Waals surface area contributed by atoms with Crippen LogP contribution in [0.3, 0.4) is 0 Å². The molecule has 7 nitrogen and oxygen atoms in total. The van der Waals surface area contributed by atoms with E-state index >= 15 is 0 Å². The molecular formula is C22H19N3O4. The molecule has 4 rings (SSSR count). The summed E-state index contributed by atoms with van der Waals surface area (Å²) in [5, 5.41) is 17.2. The topological polar surface area (TPSA) is 107 Å². The molecule has 7 heteroatoms. The molecule has 29 heavy (non-hydrogen) atoms. The first kappa shape index (κ1) is 18.6. The van der Waals surface area contributed by atoms with Gasteiger partial charge in [0.2, 0.25) is 0 Å². The Balaban J connectivity index is 1.54. The predicted molar refractivity (Wildman–Crippen MR) is 110 cm³/mol. The fourth-order valence-electron chi connectivity index (χ4n) is 3.24. The highest BCUT2D eigenvalue weighted by molar-refractivity contribution is 6.03. The summed E-state index contributed by atoms with van der Waals surface area (Å²) in [6, 6.07) is 20.1. The van der Waals surface area contributed by atoms with Crippen molar-refractivity contribution >= 4 is 27.5 Å². The Morgan fingerprint density at radius 3 is 2.48 bits per heavy atom. The summed E-state index contributed by atoms with van der Waals surface area (Å²) in [4.78, 5) is 24.4. The monoisotopic (exact) mass is 389 g/mol. The second-order valence-electron chi connectivity index (χ2n) is 6.72. The number of benzene rings is 3. The molecule has 4 aromatic rings. The second-order valence-corrected chi connectivity index (χ2v) is 6.72. The predicted octanol–water partition coefficient (Wildman–Crippen LogP) is 2.09. The van der Waals surface area contributed by atoms with E-state index < -0.39 is 17.6 Å². The number of carbonyl (C=O) groups is 1. The summed E-state index contributed by atoms with van der Waals surface area (Å²) < 4.78 is 6.72. The van der Waals surface area contributed by atoms with Gasteiger partial charge in [0.25, 0.3) is 11.5 Å². The minimum absolute atomic E-state index is 0.0113. The third kappa shape index (κ3) is 3.81. The van der Waals surface area contributed by atoms with Gasteiger partial charge in [-0.2, -0.15) is 5.10 Å². The summed E-state index contributed by atoms with van der Waals surface area (Å²) in [5.74, 6) is -0.128. The van der Waals surface area contributed by atoms with Gasteiger partial charge < -0.3 is 15.6 Å². The van der Waals surface area contributed by atoms with E-state index in [1.54, 1.807) is 24.3 Å². The normalized spacial score (nSPS) is 12.2. The van der Waals surface area contributed by atoms with E-state index in [0.717, 1.165) is 15.5 Å². The van der Waals surface area contributed by atoms with Gasteiger partial charge in [-0.05, 0) is 29.0 Å². The molecular weight excluding hydrogens is 370 g/mol. The van der Waals surface area contributed by atoms with Crippen molar-refractivity contribution in [1.82, 2.24) is 9.78 Å². The molecule has 0 aliphatic carbocycles. The maximum absolute atomic E-state index is 12.7. The summed E-state index contributed by atoms with van der Waals surface area (Å²) in [5.41, 5.74) is 4.99. The highest BCUT2D eigenvalue weighted by Gasteiger charge is 2.16. The molecule has 0 unspecified atom stereocenters. The van der Waals surface area contributed by atoms with Crippen LogP contribution in [0.15, 0.2) is 71.5 Å². The van der Waals surface area contributed by atoms with Crippen LogP contribution in [0.2, 0.25) is 0 Å². The Kier molecular flexibility index (Phi) is 4.97. The SMILES string of the molecule is NC(=O)c1nn(C[C@@H](O)COc2ccc3ccccc3c2)c(=O)c2ccccc12. The highest BCUT2D eigenvalue weighted by atomic mass is 16.5. The van der Waals surface area contributed by atoms with Gasteiger partial charge in [0.05, 0.1) is 11.9 Å². The molecule has 146 valence electrons. The first-order chi connectivity index (χ1) is 14.0. The first-order valence-electron chi connectivity index (χ1n) is 9.12. The number of primary amides is 1. The summed E-state index contributed by atoms with van der Waals surface area (Å²) >= 11 is 0. The van der Waals surface area contributed by atoms with Crippen LogP contribution in [-0.2, 0) is 6.54 Å². The van der Waals surface area contributed by atoms with Crippen LogP contribution >= 0.6 is 0 Å². The fourth-order valence-corrected chi connectivity index (χ4v) is 3.24. The van der Waals surface area contributed by atoms with Crippen molar-refractivity contribution in [3.05, 3.63) is 82.8 Å². The molecule has 1 aromatic heterocycles. The molecule has 0 aliphatic heterocycles. The van der Waals surface area contributed by atoms with Crippen LogP contribution < -0.4 is 16.0 Å². The Hall–Kier alpha value is -3.71. The van der Waals surface area contributed by atoms with Crippen LogP contribution in [0, 0.1) is 0 Å². The zero-order valence-electron chi connectivity index (χ0n) is 15.5. The zero-order valence-corrected chi connectivity index (χ0v) is 15.5. The number of amides is 1. The lowest BCUT2D eigenvalue weighted by atomic mass is 10.1. The standard InChI is InChI=1S/C22H19N3O4/c23-21(27)20-18-7-3-4-8-19(18)22(28)25(24-20)12-16(26)13-29-17-10-9-14-5-1-2-6-15(14)11-17/h1-11,16,26H,12-13H2,(H2,23,27)/t16-/m1/s1. The number of rotatable bonds is 6. The van der Waals surface area contributed by atoms with Gasteiger partial charge >= 0.3 is 0 Å². The van der Waals surface area contributed by atoms with Crippen molar-refractivity contribution in [2.24, 2.45) is 5.73 Å². The lowest BCUT2D eigenvalue weighted by Gasteiger charge is -2.15. The first-order valence-corrected chi connectivity index (χ1v) is 9.12. The van der Waals surface area contributed by atoms with Crippen molar-refractivity contribution < 1.29 is 14.6 Å². The Morgan fingerprint density at radius 1 is 1.03 bits per heavy atom. The fraction of sp³-hybridized carbons (Fsp3) is 0.136. The number of hydrogen-bond donors (Lipinski definition) is 2. The van der Waals surface area contributed by atoms with E-state index in [9.17, 15) is 14.7 Å². The quantitative estimate of drug-likeness (QED) is 0.525. The number of ether oxygens (including phenoxy) is 1. The van der Waals surface area contributed by atoms with Crippen molar-refractivity contribution in [3.8, 4) is 5.75 Å². The lowest BCUT2D eigenvalue weighted by Crippen LogP contribution is -2.34. The van der Waals surface area contributed by atoms with E-state index in [4.69, 9.17) is 10.5 Å². The van der Waals surface area contributed by atoms with Gasteiger partial charge in [-0.25, -0.2) is 4.68 Å². The molecule has 0 aliphatic rings. The summed E-state index contributed by atoms with van der Waals surface area (Å²) in [6.45, 7) is -0.164. The molecule has 3 N–H and O–H groups in total. The van der Waals surface area contributed by atoms with Crippen LogP contribution in [0.4, 0.5) is 0 Å². The number of nitrogens with two attached hydrogens (primary N) is 1. The van der Waals surface area contributed by atoms with Gasteiger partial charge in [-0.15, -0.1) is 0 Å². The van der Waals surface area contributed by atoms with E-state index in [2.05, 4.69) is 5.10 Å². The van der Waals surface area contributed by atoms with Crippen molar-refractivity contribution in [2.45, 2.75) is 12.6 Å². The Labute approximate surface area is 166 Å². The molecule has 1 amide bonds. The maximum Gasteiger partial charge on any atom is 0.274 e. The Bertz CT molecular complexity index is 1270. The Morgan fingerprint density at radius 2 is 1.72 bits per heavy atom. The number of hydrogen-bond acceptors (Lipinski definition) is 5. The number of fused-ring (bicyclic) bond motifs is 2. The molecule has 0 radical (unpaired) electrons. The molecule has 1 heterocycles. The zero-order chi connectivity index (χ0) is 20.4. The summed E-state index contributed by atoms with van der Waals surface area (Å²) in [6.07, 6.45) is -1.01. The van der Waals surface area contributed by atoms with Crippen molar-refractivity contribution in [3.63, 3.8) is 0 Å². The number of nitrogens with zero attached hydrogens (tertiary/aromatic N) is 2. The highest BCUT2D eigenvalue weighted by Crippen LogP contribution is 2.20. The molecule has 0 bridgehead atoms. The van der Waals surface area contributed by atoms with Gasteiger partial charge in [-0.1, -0.05) is 48.5 Å². The van der Waals surface area contributed by atoms with E-state index in [1.165, 1.54) is 0 Å². The number of aromatic nitrogens is 2. The number of aliphatic hydroxyl groups is 1. The number of carbonyl (C=O) groups excluding carboxylic acids is 1. The lowest BCUT2D eigenvalue weighted by molar-refractivity contribution is 0.0872. The maximum atomic E-state index is 12.7. The minimum Gasteiger partial charge on any atom is -0.491 e. The van der Waals surface area contributed by atoms with Crippen molar-refractivity contribution in [1.29, 1.82) is 0 Å². The molecule has 0 spiro atoms. The van der Waals surface area contributed by atoms with E-state index in [-0.39, 0.29) is 18.8 Å². The summed E-state index contributed by atoms with van der Waals surface area (Å²) in [7, 11) is 0.